The maximum absolute atomic E-state index is 12.4. The second-order valence-electron chi connectivity index (χ2n) is 9.19. The summed E-state index contributed by atoms with van der Waals surface area (Å²) in [5.74, 6) is -0.917. The molecule has 0 saturated heterocycles. The van der Waals surface area contributed by atoms with Gasteiger partial charge in [0.2, 0.25) is 17.2 Å². The molecule has 23 heteroatoms. The van der Waals surface area contributed by atoms with Crippen molar-refractivity contribution in [3.63, 3.8) is 0 Å². The molecule has 5 rings (SSSR count). The first-order valence-corrected chi connectivity index (χ1v) is 16.7. The van der Waals surface area contributed by atoms with E-state index in [-0.39, 0.29) is 97.8 Å². The molecule has 0 amide bonds. The van der Waals surface area contributed by atoms with Gasteiger partial charge in [-0.3, -0.25) is 13.7 Å². The molecule has 47 heavy (non-hydrogen) atoms. The van der Waals surface area contributed by atoms with Crippen molar-refractivity contribution in [2.45, 2.75) is 14.7 Å². The fourth-order valence-corrected chi connectivity index (χ4v) is 6.78. The van der Waals surface area contributed by atoms with Gasteiger partial charge in [0.1, 0.15) is 26.1 Å². The Hall–Kier alpha value is -2.57. The van der Waals surface area contributed by atoms with Crippen LogP contribution in [0.2, 0.25) is 5.28 Å². The van der Waals surface area contributed by atoms with Crippen molar-refractivity contribution in [1.29, 1.82) is 0 Å². The van der Waals surface area contributed by atoms with Gasteiger partial charge in [-0.15, -0.1) is 10.2 Å². The molecule has 0 atom stereocenters. The van der Waals surface area contributed by atoms with Gasteiger partial charge in [-0.2, -0.15) is 40.2 Å². The van der Waals surface area contributed by atoms with E-state index >= 15 is 0 Å². The van der Waals surface area contributed by atoms with Crippen molar-refractivity contribution < 1.29 is 44.0 Å². The molecule has 0 saturated carbocycles. The molecular formula is C24H18ClN7Na2O10S3. The molecule has 17 nitrogen and oxygen atoms in total. The Kier molecular flexibility index (Phi) is 11.7. The quantitative estimate of drug-likeness (QED) is 0.0909. The van der Waals surface area contributed by atoms with Gasteiger partial charge in [-0.1, -0.05) is 18.2 Å². The number of phenols is 1. The van der Waals surface area contributed by atoms with Crippen LogP contribution in [0.1, 0.15) is 0 Å². The first kappa shape index (κ1) is 38.9. The van der Waals surface area contributed by atoms with Gasteiger partial charge in [0.05, 0.1) is 0 Å². The van der Waals surface area contributed by atoms with Crippen molar-refractivity contribution in [3.8, 4) is 5.75 Å². The van der Waals surface area contributed by atoms with Gasteiger partial charge in [0.25, 0.3) is 30.4 Å². The minimum atomic E-state index is -5.15. The molecule has 6 N–H and O–H groups in total. The summed E-state index contributed by atoms with van der Waals surface area (Å²) in [6, 6.07) is 10.4. The summed E-state index contributed by atoms with van der Waals surface area (Å²) >= 11 is 5.85. The third kappa shape index (κ3) is 8.02. The number of phenolic OH excluding ortho intramolecular Hbond substituents is 1. The average molecular weight is 742 g/mol. The van der Waals surface area contributed by atoms with Crippen molar-refractivity contribution in [1.82, 2.24) is 15.0 Å². The molecule has 5 aromatic rings. The summed E-state index contributed by atoms with van der Waals surface area (Å²) in [5, 5.41) is 17.7. The fraction of sp³-hybridized carbons (Fsp3) is 0.0417. The number of aromatic hydroxyl groups is 1. The third-order valence-corrected chi connectivity index (χ3v) is 9.25. The minimum Gasteiger partial charge on any atom is -0.505 e. The monoisotopic (exact) mass is 741 g/mol. The molecule has 4 aromatic carbocycles. The van der Waals surface area contributed by atoms with Crippen molar-refractivity contribution in [2.24, 2.45) is 10.2 Å². The average Bonchev–Trinajstić information content (AvgIpc) is 2.93. The van der Waals surface area contributed by atoms with Crippen LogP contribution in [0.5, 0.6) is 5.75 Å². The fourth-order valence-electron chi connectivity index (χ4n) is 4.43. The summed E-state index contributed by atoms with van der Waals surface area (Å²) in [4.78, 5) is 10.5. The number of hydrogen-bond donors (Lipinski definition) is 5. The number of fused-ring (bicyclic) bond motifs is 2. The number of benzene rings is 4. The van der Waals surface area contributed by atoms with Crippen LogP contribution in [0, 0.1) is 0 Å². The van der Waals surface area contributed by atoms with Crippen LogP contribution >= 0.6 is 11.6 Å². The van der Waals surface area contributed by atoms with E-state index in [0.29, 0.717) is 5.69 Å². The number of nitrogen functional groups attached to an aromatic ring is 1. The molecule has 1 heterocycles. The van der Waals surface area contributed by atoms with Crippen molar-refractivity contribution >= 4 is 152 Å². The van der Waals surface area contributed by atoms with Crippen LogP contribution in [0.15, 0.2) is 79.5 Å². The Labute approximate surface area is 315 Å². The SMILES string of the molecule is CN(c1ccc2c(O)c(N=Nc3ccc4c(S(=O)(=O)O)cccc4c3S(=O)(=O)O)c(S(=O)(=O)O)cc2c1)c1nc(N)nc(Cl)n1.[Na].[Na]. The molecule has 0 aliphatic rings. The van der Waals surface area contributed by atoms with E-state index in [1.807, 2.05) is 0 Å². The minimum absolute atomic E-state index is 0. The zero-order valence-electron chi connectivity index (χ0n) is 24.3. The number of hydrogen-bond acceptors (Lipinski definition) is 14. The maximum atomic E-state index is 12.4. The molecule has 0 unspecified atom stereocenters. The maximum Gasteiger partial charge on any atom is 0.297 e. The standard InChI is InChI=1S/C24H18ClN7O10S3.2Na/c1-32(24-28-22(25)27-23(26)29-24)12-5-6-13-11(9-12)10-18(44(37,38)39)19(20(13)33)31-30-16-8-7-14-15(21(16)45(40,41)42)3-2-4-17(14)43(34,35)36;;/h2-10,33H,1H3,(H,34,35,36)(H,37,38,39)(H,40,41,42)(H2,26,27,28,29);;. The molecule has 0 fully saturated rings. The number of azo groups is 1. The zero-order chi connectivity index (χ0) is 33.1. The van der Waals surface area contributed by atoms with Gasteiger partial charge in [0.15, 0.2) is 5.75 Å². The molecule has 2 radical (unpaired) electrons. The largest absolute Gasteiger partial charge is 0.505 e. The second kappa shape index (κ2) is 14.1. The molecule has 1 aromatic heterocycles. The van der Waals surface area contributed by atoms with Gasteiger partial charge < -0.3 is 15.7 Å². The van der Waals surface area contributed by atoms with Crippen LogP contribution in [0.4, 0.5) is 29.0 Å². The normalized spacial score (nSPS) is 12.2. The summed E-state index contributed by atoms with van der Waals surface area (Å²) in [5.41, 5.74) is 4.58. The van der Waals surface area contributed by atoms with Gasteiger partial charge in [-0.05, 0) is 53.4 Å². The smallest absolute Gasteiger partial charge is 0.297 e. The third-order valence-electron chi connectivity index (χ3n) is 6.36. The van der Waals surface area contributed by atoms with Crippen LogP contribution in [0.3, 0.4) is 0 Å². The van der Waals surface area contributed by atoms with Gasteiger partial charge in [0, 0.05) is 88.0 Å². The van der Waals surface area contributed by atoms with E-state index in [2.05, 4.69) is 25.2 Å². The van der Waals surface area contributed by atoms with Crippen molar-refractivity contribution in [2.75, 3.05) is 17.7 Å². The Balaban J connectivity index is 0.00000300. The van der Waals surface area contributed by atoms with Crippen LogP contribution in [-0.2, 0) is 30.4 Å². The number of aromatic nitrogens is 3. The molecule has 0 spiro atoms. The van der Waals surface area contributed by atoms with Gasteiger partial charge >= 0.3 is 0 Å². The van der Waals surface area contributed by atoms with Crippen molar-refractivity contribution in [3.05, 3.63) is 59.9 Å². The number of rotatable bonds is 7. The van der Waals surface area contributed by atoms with Crippen LogP contribution in [0.25, 0.3) is 21.5 Å². The summed E-state index contributed by atoms with van der Waals surface area (Å²) in [6.07, 6.45) is 0. The molecule has 0 bridgehead atoms. The predicted octanol–water partition coefficient (Wildman–Crippen LogP) is 3.28. The van der Waals surface area contributed by atoms with Crippen LogP contribution in [-0.4, -0.2) is 125 Å². The van der Waals surface area contributed by atoms with E-state index in [4.69, 9.17) is 17.3 Å². The van der Waals surface area contributed by atoms with E-state index in [9.17, 15) is 44.0 Å². The second-order valence-corrected chi connectivity index (χ2v) is 13.7. The molecule has 236 valence electrons. The van der Waals surface area contributed by atoms with E-state index in [1.54, 1.807) is 0 Å². The zero-order valence-corrected chi connectivity index (χ0v) is 31.5. The van der Waals surface area contributed by atoms with Gasteiger partial charge in [-0.25, -0.2) is 0 Å². The first-order valence-electron chi connectivity index (χ1n) is 12.0. The predicted molar refractivity (Wildman–Crippen MR) is 172 cm³/mol. The van der Waals surface area contributed by atoms with E-state index in [1.165, 1.54) is 30.1 Å². The summed E-state index contributed by atoms with van der Waals surface area (Å²) in [6.45, 7) is 0. The Bertz CT molecular complexity index is 2420. The number of nitrogens with two attached hydrogens (primary N) is 1. The molecule has 0 aliphatic carbocycles. The first-order chi connectivity index (χ1) is 20.9. The summed E-state index contributed by atoms with van der Waals surface area (Å²) in [7, 11) is -13.5. The van der Waals surface area contributed by atoms with E-state index in [0.717, 1.165) is 36.4 Å². The van der Waals surface area contributed by atoms with Crippen LogP contribution < -0.4 is 10.6 Å². The van der Waals surface area contributed by atoms with E-state index < -0.39 is 62.2 Å². The molecule has 0 aliphatic heterocycles. The Morgan fingerprint density at radius 1 is 0.766 bits per heavy atom. The number of halogens is 1. The Morgan fingerprint density at radius 3 is 2.00 bits per heavy atom. The Morgan fingerprint density at radius 2 is 1.40 bits per heavy atom. The summed E-state index contributed by atoms with van der Waals surface area (Å²) < 4.78 is 103. The topological polar surface area (TPSA) is 276 Å². The number of nitrogens with zero attached hydrogens (tertiary/aromatic N) is 6. The molecular weight excluding hydrogens is 724 g/mol. The number of anilines is 3.